The van der Waals surface area contributed by atoms with Gasteiger partial charge in [0.25, 0.3) is 0 Å². The SMILES string of the molecule is CCC(CC)C(CC)CCC(C)C. The van der Waals surface area contributed by atoms with Crippen LogP contribution in [-0.2, 0) is 0 Å². The van der Waals surface area contributed by atoms with E-state index in [-0.39, 0.29) is 0 Å². The highest BCUT2D eigenvalue weighted by atomic mass is 14.2. The third-order valence-corrected chi connectivity index (χ3v) is 3.35. The van der Waals surface area contributed by atoms with E-state index in [4.69, 9.17) is 0 Å². The summed E-state index contributed by atoms with van der Waals surface area (Å²) in [6.45, 7) is 11.7. The average molecular weight is 184 g/mol. The van der Waals surface area contributed by atoms with Gasteiger partial charge in [-0.1, -0.05) is 60.3 Å². The molecule has 0 aromatic carbocycles. The van der Waals surface area contributed by atoms with Crippen LogP contribution in [0.4, 0.5) is 0 Å². The minimum atomic E-state index is 0.878. The molecule has 0 radical (unpaired) electrons. The Hall–Kier alpha value is 0. The van der Waals surface area contributed by atoms with Crippen LogP contribution in [-0.4, -0.2) is 0 Å². The van der Waals surface area contributed by atoms with Gasteiger partial charge >= 0.3 is 0 Å². The van der Waals surface area contributed by atoms with E-state index in [1.165, 1.54) is 32.1 Å². The maximum atomic E-state index is 2.35. The van der Waals surface area contributed by atoms with Crippen molar-refractivity contribution in [2.75, 3.05) is 0 Å². The molecule has 0 bridgehead atoms. The van der Waals surface area contributed by atoms with Crippen molar-refractivity contribution in [1.29, 1.82) is 0 Å². The van der Waals surface area contributed by atoms with Crippen molar-refractivity contribution >= 4 is 0 Å². The summed E-state index contributed by atoms with van der Waals surface area (Å²) in [7, 11) is 0. The zero-order chi connectivity index (χ0) is 10.3. The van der Waals surface area contributed by atoms with E-state index < -0.39 is 0 Å². The van der Waals surface area contributed by atoms with Crippen LogP contribution in [0.2, 0.25) is 0 Å². The van der Waals surface area contributed by atoms with Crippen LogP contribution in [0, 0.1) is 17.8 Å². The Morgan fingerprint density at radius 1 is 0.692 bits per heavy atom. The summed E-state index contributed by atoms with van der Waals surface area (Å²) in [4.78, 5) is 0. The lowest BCUT2D eigenvalue weighted by Gasteiger charge is -2.24. The van der Waals surface area contributed by atoms with Gasteiger partial charge in [0.15, 0.2) is 0 Å². The Morgan fingerprint density at radius 2 is 1.15 bits per heavy atom. The summed E-state index contributed by atoms with van der Waals surface area (Å²) in [5.74, 6) is 2.84. The fourth-order valence-corrected chi connectivity index (χ4v) is 2.28. The molecular weight excluding hydrogens is 156 g/mol. The van der Waals surface area contributed by atoms with Crippen molar-refractivity contribution in [3.63, 3.8) is 0 Å². The molecule has 0 heterocycles. The highest BCUT2D eigenvalue weighted by Crippen LogP contribution is 2.27. The standard InChI is InChI=1S/C13H28/c1-6-12(7-2)13(8-3)10-9-11(4)5/h11-13H,6-10H2,1-5H3. The Kier molecular flexibility index (Phi) is 7.41. The Balaban J connectivity index is 3.85. The molecule has 0 heteroatoms. The summed E-state index contributed by atoms with van der Waals surface area (Å²) in [5, 5.41) is 0. The molecule has 0 N–H and O–H groups in total. The lowest BCUT2D eigenvalue weighted by molar-refractivity contribution is 0.270. The van der Waals surface area contributed by atoms with Crippen molar-refractivity contribution in [1.82, 2.24) is 0 Å². The van der Waals surface area contributed by atoms with E-state index in [1.54, 1.807) is 0 Å². The van der Waals surface area contributed by atoms with Gasteiger partial charge in [-0.25, -0.2) is 0 Å². The molecule has 13 heavy (non-hydrogen) atoms. The van der Waals surface area contributed by atoms with Gasteiger partial charge < -0.3 is 0 Å². The van der Waals surface area contributed by atoms with Crippen LogP contribution >= 0.6 is 0 Å². The highest BCUT2D eigenvalue weighted by Gasteiger charge is 2.16. The molecule has 0 rings (SSSR count). The van der Waals surface area contributed by atoms with Crippen molar-refractivity contribution in [3.8, 4) is 0 Å². The van der Waals surface area contributed by atoms with Gasteiger partial charge in [-0.2, -0.15) is 0 Å². The largest absolute Gasteiger partial charge is 0.0651 e. The van der Waals surface area contributed by atoms with Crippen LogP contribution in [0.3, 0.4) is 0 Å². The fourth-order valence-electron chi connectivity index (χ4n) is 2.28. The van der Waals surface area contributed by atoms with E-state index in [9.17, 15) is 0 Å². The Bertz CT molecular complexity index is 101. The predicted molar refractivity (Wildman–Crippen MR) is 61.9 cm³/mol. The third-order valence-electron chi connectivity index (χ3n) is 3.35. The monoisotopic (exact) mass is 184 g/mol. The van der Waals surface area contributed by atoms with Gasteiger partial charge in [0.2, 0.25) is 0 Å². The average Bonchev–Trinajstić information content (AvgIpc) is 2.11. The zero-order valence-corrected chi connectivity index (χ0v) is 10.3. The normalized spacial score (nSPS) is 14.1. The van der Waals surface area contributed by atoms with Gasteiger partial charge in [0, 0.05) is 0 Å². The summed E-state index contributed by atoms with van der Waals surface area (Å²) in [6, 6.07) is 0. The molecule has 0 fully saturated rings. The van der Waals surface area contributed by atoms with Gasteiger partial charge in [-0.15, -0.1) is 0 Å². The number of hydrogen-bond donors (Lipinski definition) is 0. The van der Waals surface area contributed by atoms with E-state index >= 15 is 0 Å². The van der Waals surface area contributed by atoms with Crippen molar-refractivity contribution in [3.05, 3.63) is 0 Å². The fraction of sp³-hybridized carbons (Fsp3) is 1.00. The van der Waals surface area contributed by atoms with Crippen molar-refractivity contribution in [2.45, 2.75) is 66.7 Å². The molecule has 1 atom stereocenters. The summed E-state index contributed by atoms with van der Waals surface area (Å²) in [6.07, 6.45) is 6.97. The molecule has 0 aliphatic carbocycles. The van der Waals surface area contributed by atoms with Crippen molar-refractivity contribution < 1.29 is 0 Å². The lowest BCUT2D eigenvalue weighted by Crippen LogP contribution is -2.13. The van der Waals surface area contributed by atoms with Gasteiger partial charge in [-0.05, 0) is 24.2 Å². The van der Waals surface area contributed by atoms with Crippen molar-refractivity contribution in [2.24, 2.45) is 17.8 Å². The second kappa shape index (κ2) is 7.41. The minimum Gasteiger partial charge on any atom is -0.0651 e. The van der Waals surface area contributed by atoms with E-state index in [2.05, 4.69) is 34.6 Å². The highest BCUT2D eigenvalue weighted by molar-refractivity contribution is 4.67. The zero-order valence-electron chi connectivity index (χ0n) is 10.3. The van der Waals surface area contributed by atoms with Gasteiger partial charge in [0.05, 0.1) is 0 Å². The van der Waals surface area contributed by atoms with Crippen LogP contribution in [0.1, 0.15) is 66.7 Å². The Morgan fingerprint density at radius 3 is 1.46 bits per heavy atom. The molecule has 0 aromatic heterocycles. The molecule has 80 valence electrons. The second-order valence-electron chi connectivity index (χ2n) is 4.72. The van der Waals surface area contributed by atoms with Crippen LogP contribution in [0.25, 0.3) is 0 Å². The molecule has 0 aliphatic rings. The maximum Gasteiger partial charge on any atom is -0.0389 e. The molecule has 0 saturated carbocycles. The summed E-state index contributed by atoms with van der Waals surface area (Å²) in [5.41, 5.74) is 0. The quantitative estimate of drug-likeness (QED) is 0.528. The van der Waals surface area contributed by atoms with E-state index in [0.717, 1.165) is 17.8 Å². The first kappa shape index (κ1) is 13.0. The maximum absolute atomic E-state index is 2.35. The summed E-state index contributed by atoms with van der Waals surface area (Å²) < 4.78 is 0. The molecular formula is C13H28. The van der Waals surface area contributed by atoms with Gasteiger partial charge in [0.1, 0.15) is 0 Å². The van der Waals surface area contributed by atoms with Crippen LogP contribution < -0.4 is 0 Å². The second-order valence-corrected chi connectivity index (χ2v) is 4.72. The van der Waals surface area contributed by atoms with Gasteiger partial charge in [-0.3, -0.25) is 0 Å². The van der Waals surface area contributed by atoms with E-state index in [1.807, 2.05) is 0 Å². The minimum absolute atomic E-state index is 0.878. The molecule has 0 aliphatic heterocycles. The molecule has 1 unspecified atom stereocenters. The number of rotatable bonds is 7. The first-order valence-electron chi connectivity index (χ1n) is 6.15. The molecule has 0 saturated heterocycles. The first-order chi connectivity index (χ1) is 6.15. The topological polar surface area (TPSA) is 0 Å². The van der Waals surface area contributed by atoms with E-state index in [0.29, 0.717) is 0 Å². The van der Waals surface area contributed by atoms with Crippen LogP contribution in [0.15, 0.2) is 0 Å². The number of hydrogen-bond acceptors (Lipinski definition) is 0. The lowest BCUT2D eigenvalue weighted by atomic mass is 9.82. The predicted octanol–water partition coefficient (Wildman–Crippen LogP) is 4.89. The molecule has 0 spiro atoms. The molecule has 0 nitrogen and oxygen atoms in total. The summed E-state index contributed by atoms with van der Waals surface area (Å²) >= 11 is 0. The third kappa shape index (κ3) is 5.33. The molecule has 0 amide bonds. The first-order valence-corrected chi connectivity index (χ1v) is 6.15. The van der Waals surface area contributed by atoms with Crippen LogP contribution in [0.5, 0.6) is 0 Å². The molecule has 0 aromatic rings. The Labute approximate surface area is 85.1 Å². The smallest absolute Gasteiger partial charge is 0.0389 e.